The highest BCUT2D eigenvalue weighted by molar-refractivity contribution is 6.55. The number of aldehydes is 2. The van der Waals surface area contributed by atoms with Crippen molar-refractivity contribution in [2.75, 3.05) is 0 Å². The van der Waals surface area contributed by atoms with Crippen molar-refractivity contribution in [3.8, 4) is 0 Å². The molecule has 0 aromatic rings. The molecule has 0 radical (unpaired) electrons. The number of halogens is 2. The molecular weight excluding hydrogens is 199 g/mol. The summed E-state index contributed by atoms with van der Waals surface area (Å²) < 4.78 is 0.110. The molecule has 0 fully saturated rings. The molecule has 0 heterocycles. The number of carbonyl (C=O) groups is 2. The molecule has 0 unspecified atom stereocenters. The van der Waals surface area contributed by atoms with E-state index in [0.717, 1.165) is 0 Å². The van der Waals surface area contributed by atoms with E-state index in [9.17, 15) is 9.59 Å². The Morgan fingerprint density at radius 3 is 1.83 bits per heavy atom. The summed E-state index contributed by atoms with van der Waals surface area (Å²) in [4.78, 5) is 20.1. The van der Waals surface area contributed by atoms with Gasteiger partial charge in [-0.2, -0.15) is 0 Å². The van der Waals surface area contributed by atoms with Crippen molar-refractivity contribution in [2.45, 2.75) is 0 Å². The second-order valence-electron chi connectivity index (χ2n) is 1.74. The van der Waals surface area contributed by atoms with Crippen LogP contribution < -0.4 is 0 Å². The van der Waals surface area contributed by atoms with Crippen molar-refractivity contribution in [3.63, 3.8) is 0 Å². The van der Waals surface area contributed by atoms with E-state index in [1.807, 2.05) is 0 Å². The molecule has 0 saturated carbocycles. The number of rotatable bonds is 4. The number of allylic oxidation sites excluding steroid dienone is 5. The fraction of sp³-hybridized carbons (Fsp3) is 0. The van der Waals surface area contributed by atoms with E-state index in [1.165, 1.54) is 24.3 Å². The highest BCUT2D eigenvalue weighted by atomic mass is 35.5. The predicted molar refractivity (Wildman–Crippen MR) is 49.1 cm³/mol. The molecule has 0 aliphatic heterocycles. The SMILES string of the molecule is O=CC(C=O)=CC=CC=C(Cl)Cl. The molecule has 0 amide bonds. The van der Waals surface area contributed by atoms with Gasteiger partial charge in [-0.05, 0) is 12.2 Å². The monoisotopic (exact) mass is 204 g/mol. The lowest BCUT2D eigenvalue weighted by Gasteiger charge is -1.79. The van der Waals surface area contributed by atoms with E-state index in [4.69, 9.17) is 23.2 Å². The Hall–Kier alpha value is -0.860. The summed E-state index contributed by atoms with van der Waals surface area (Å²) in [5.74, 6) is 0. The maximum atomic E-state index is 10.1. The number of hydrogen-bond donors (Lipinski definition) is 0. The highest BCUT2D eigenvalue weighted by Gasteiger charge is 1.85. The smallest absolute Gasteiger partial charge is 0.153 e. The lowest BCUT2D eigenvalue weighted by atomic mass is 10.3. The van der Waals surface area contributed by atoms with Crippen molar-refractivity contribution >= 4 is 35.8 Å². The zero-order valence-electron chi connectivity index (χ0n) is 6.04. The zero-order chi connectivity index (χ0) is 9.40. The third-order valence-electron chi connectivity index (χ3n) is 0.894. The van der Waals surface area contributed by atoms with Crippen molar-refractivity contribution in [1.29, 1.82) is 0 Å². The van der Waals surface area contributed by atoms with Crippen LogP contribution in [0.2, 0.25) is 0 Å². The summed E-state index contributed by atoms with van der Waals surface area (Å²) in [6, 6.07) is 0. The molecule has 0 rings (SSSR count). The van der Waals surface area contributed by atoms with Gasteiger partial charge >= 0.3 is 0 Å². The van der Waals surface area contributed by atoms with Gasteiger partial charge in [0.1, 0.15) is 4.49 Å². The fourth-order valence-electron chi connectivity index (χ4n) is 0.401. The first-order chi connectivity index (χ1) is 5.70. The summed E-state index contributed by atoms with van der Waals surface area (Å²) in [6.07, 6.45) is 6.71. The van der Waals surface area contributed by atoms with Gasteiger partial charge in [0.05, 0.1) is 5.57 Å². The minimum absolute atomic E-state index is 0.0605. The van der Waals surface area contributed by atoms with Crippen LogP contribution in [0.15, 0.2) is 34.4 Å². The van der Waals surface area contributed by atoms with E-state index in [-0.39, 0.29) is 10.1 Å². The van der Waals surface area contributed by atoms with Crippen LogP contribution in [0.25, 0.3) is 0 Å². The first-order valence-electron chi connectivity index (χ1n) is 3.00. The summed E-state index contributed by atoms with van der Waals surface area (Å²) in [5, 5.41) is 0. The molecule has 0 aliphatic rings. The van der Waals surface area contributed by atoms with Crippen LogP contribution in [0.4, 0.5) is 0 Å². The van der Waals surface area contributed by atoms with Gasteiger partial charge in [0, 0.05) is 0 Å². The summed E-state index contributed by atoms with van der Waals surface area (Å²) in [7, 11) is 0. The molecular formula is C8H6Cl2O2. The van der Waals surface area contributed by atoms with Crippen molar-refractivity contribution < 1.29 is 9.59 Å². The summed E-state index contributed by atoms with van der Waals surface area (Å²) in [6.45, 7) is 0. The van der Waals surface area contributed by atoms with E-state index in [0.29, 0.717) is 12.6 Å². The molecule has 64 valence electrons. The standard InChI is InChI=1S/C8H6Cl2O2/c9-8(10)4-2-1-3-7(5-11)6-12/h1-6H. The van der Waals surface area contributed by atoms with Gasteiger partial charge in [-0.25, -0.2) is 0 Å². The van der Waals surface area contributed by atoms with Crippen molar-refractivity contribution in [1.82, 2.24) is 0 Å². The maximum Gasteiger partial charge on any atom is 0.153 e. The van der Waals surface area contributed by atoms with Crippen LogP contribution in [0.3, 0.4) is 0 Å². The van der Waals surface area contributed by atoms with Crippen LogP contribution in [0.5, 0.6) is 0 Å². The molecule has 0 N–H and O–H groups in total. The minimum atomic E-state index is 0.0605. The van der Waals surface area contributed by atoms with Gasteiger partial charge < -0.3 is 0 Å². The Kier molecular flexibility index (Phi) is 6.34. The molecule has 0 aromatic heterocycles. The van der Waals surface area contributed by atoms with Crippen LogP contribution in [0, 0.1) is 0 Å². The molecule has 0 aliphatic carbocycles. The summed E-state index contributed by atoms with van der Waals surface area (Å²) in [5.41, 5.74) is 0.0605. The molecule has 0 bridgehead atoms. The largest absolute Gasteiger partial charge is 0.298 e. The Bertz CT molecular complexity index is 238. The molecule has 0 spiro atoms. The van der Waals surface area contributed by atoms with Crippen LogP contribution >= 0.6 is 23.2 Å². The van der Waals surface area contributed by atoms with E-state index >= 15 is 0 Å². The highest BCUT2D eigenvalue weighted by Crippen LogP contribution is 2.05. The van der Waals surface area contributed by atoms with Gasteiger partial charge in [0.25, 0.3) is 0 Å². The van der Waals surface area contributed by atoms with Crippen LogP contribution in [-0.4, -0.2) is 12.6 Å². The van der Waals surface area contributed by atoms with Crippen molar-refractivity contribution in [3.05, 3.63) is 34.4 Å². The van der Waals surface area contributed by atoms with Crippen molar-refractivity contribution in [2.24, 2.45) is 0 Å². The number of carbonyl (C=O) groups excluding carboxylic acids is 2. The number of hydrogen-bond acceptors (Lipinski definition) is 2. The lowest BCUT2D eigenvalue weighted by Crippen LogP contribution is -1.82. The Morgan fingerprint density at radius 1 is 0.917 bits per heavy atom. The molecule has 0 saturated heterocycles. The quantitative estimate of drug-likeness (QED) is 0.232. The Morgan fingerprint density at radius 2 is 1.42 bits per heavy atom. The first kappa shape index (κ1) is 11.1. The second-order valence-corrected chi connectivity index (χ2v) is 2.75. The fourth-order valence-corrected chi connectivity index (χ4v) is 0.547. The minimum Gasteiger partial charge on any atom is -0.298 e. The third-order valence-corrected chi connectivity index (χ3v) is 1.15. The summed E-state index contributed by atoms with van der Waals surface area (Å²) >= 11 is 10.6. The lowest BCUT2D eigenvalue weighted by molar-refractivity contribution is -0.109. The first-order valence-corrected chi connectivity index (χ1v) is 3.76. The Labute approximate surface area is 80.2 Å². The van der Waals surface area contributed by atoms with Crippen LogP contribution in [0.1, 0.15) is 0 Å². The van der Waals surface area contributed by atoms with Gasteiger partial charge in [-0.3, -0.25) is 9.59 Å². The predicted octanol–water partition coefficient (Wildman–Crippen LogP) is 2.19. The average Bonchev–Trinajstić information content (AvgIpc) is 2.04. The zero-order valence-corrected chi connectivity index (χ0v) is 7.55. The topological polar surface area (TPSA) is 34.1 Å². The molecule has 2 nitrogen and oxygen atoms in total. The van der Waals surface area contributed by atoms with Crippen LogP contribution in [-0.2, 0) is 9.59 Å². The van der Waals surface area contributed by atoms with Gasteiger partial charge in [0.15, 0.2) is 12.6 Å². The third kappa shape index (κ3) is 5.89. The van der Waals surface area contributed by atoms with Gasteiger partial charge in [0.2, 0.25) is 0 Å². The van der Waals surface area contributed by atoms with Gasteiger partial charge in [-0.1, -0.05) is 35.4 Å². The normalized spacial score (nSPS) is 9.17. The van der Waals surface area contributed by atoms with E-state index < -0.39 is 0 Å². The average molecular weight is 205 g/mol. The molecule has 4 heteroatoms. The van der Waals surface area contributed by atoms with E-state index in [2.05, 4.69) is 0 Å². The molecule has 0 aromatic carbocycles. The van der Waals surface area contributed by atoms with Gasteiger partial charge in [-0.15, -0.1) is 0 Å². The Balaban J connectivity index is 4.19. The second kappa shape index (κ2) is 6.83. The molecule has 0 atom stereocenters. The van der Waals surface area contributed by atoms with E-state index in [1.54, 1.807) is 0 Å². The maximum absolute atomic E-state index is 10.1. The molecule has 12 heavy (non-hydrogen) atoms.